The van der Waals surface area contributed by atoms with Gasteiger partial charge >= 0.3 is 6.36 Å². The van der Waals surface area contributed by atoms with Crippen LogP contribution in [0.3, 0.4) is 0 Å². The average molecular weight is 412 g/mol. The van der Waals surface area contributed by atoms with E-state index < -0.39 is 12.3 Å². The van der Waals surface area contributed by atoms with Gasteiger partial charge in [-0.2, -0.15) is 5.10 Å². The number of anilines is 1. The zero-order valence-corrected chi connectivity index (χ0v) is 15.6. The summed E-state index contributed by atoms with van der Waals surface area (Å²) in [6.07, 6.45) is -4.77. The maximum Gasteiger partial charge on any atom is 0.573 e. The molecule has 0 aliphatic rings. The van der Waals surface area contributed by atoms with Gasteiger partial charge in [0.1, 0.15) is 5.75 Å². The number of amides is 1. The normalized spacial score (nSPS) is 11.5. The van der Waals surface area contributed by atoms with Crippen LogP contribution < -0.4 is 10.1 Å². The number of nitrogens with one attached hydrogen (secondary N) is 1. The summed E-state index contributed by atoms with van der Waals surface area (Å²) in [4.78, 5) is 17.1. The standard InChI is InChI=1S/C21H15F3N4O2/c1-13-11-17(14-5-3-2-4-6-14)26-19-12-18(27-28(13)19)20(29)25-15-7-9-16(10-8-15)30-21(22,23)24/h2-12H,1H3,(H,25,29). The smallest absolute Gasteiger partial charge is 0.406 e. The summed E-state index contributed by atoms with van der Waals surface area (Å²) in [5.41, 5.74) is 3.44. The minimum absolute atomic E-state index is 0.131. The number of hydrogen-bond acceptors (Lipinski definition) is 4. The average Bonchev–Trinajstić information content (AvgIpc) is 3.14. The van der Waals surface area contributed by atoms with Crippen molar-refractivity contribution in [3.8, 4) is 17.0 Å². The summed E-state index contributed by atoms with van der Waals surface area (Å²) in [5, 5.41) is 6.87. The minimum Gasteiger partial charge on any atom is -0.406 e. The molecule has 6 nitrogen and oxygen atoms in total. The molecule has 0 fully saturated rings. The van der Waals surface area contributed by atoms with Crippen LogP contribution in [0.4, 0.5) is 18.9 Å². The Morgan fingerprint density at radius 2 is 1.73 bits per heavy atom. The molecule has 0 bridgehead atoms. The van der Waals surface area contributed by atoms with E-state index in [1.54, 1.807) is 10.6 Å². The largest absolute Gasteiger partial charge is 0.573 e. The van der Waals surface area contributed by atoms with Gasteiger partial charge in [-0.1, -0.05) is 30.3 Å². The number of hydrogen-bond donors (Lipinski definition) is 1. The number of halogens is 3. The van der Waals surface area contributed by atoms with Gasteiger partial charge in [-0.3, -0.25) is 4.79 Å². The van der Waals surface area contributed by atoms with Gasteiger partial charge in [-0.15, -0.1) is 13.2 Å². The monoisotopic (exact) mass is 412 g/mol. The molecule has 0 radical (unpaired) electrons. The number of alkyl halides is 3. The second kappa shape index (κ2) is 7.51. The Morgan fingerprint density at radius 1 is 1.03 bits per heavy atom. The van der Waals surface area contributed by atoms with Crippen molar-refractivity contribution in [1.29, 1.82) is 0 Å². The molecule has 2 aromatic heterocycles. The number of nitrogens with zero attached hydrogens (tertiary/aromatic N) is 3. The van der Waals surface area contributed by atoms with Crippen molar-refractivity contribution in [2.75, 3.05) is 5.32 Å². The van der Waals surface area contributed by atoms with Crippen LogP contribution in [0.5, 0.6) is 5.75 Å². The molecule has 2 heterocycles. The lowest BCUT2D eigenvalue weighted by atomic mass is 10.1. The number of carbonyl (C=O) groups is 1. The molecule has 0 spiro atoms. The Labute approximate surface area is 168 Å². The lowest BCUT2D eigenvalue weighted by Gasteiger charge is -2.09. The molecule has 30 heavy (non-hydrogen) atoms. The number of carbonyl (C=O) groups excluding carboxylic acids is 1. The van der Waals surface area contributed by atoms with Crippen molar-refractivity contribution in [2.45, 2.75) is 13.3 Å². The summed E-state index contributed by atoms with van der Waals surface area (Å²) in [7, 11) is 0. The number of fused-ring (bicyclic) bond motifs is 1. The molecule has 0 atom stereocenters. The molecule has 0 aliphatic heterocycles. The molecule has 0 saturated carbocycles. The van der Waals surface area contributed by atoms with Crippen LogP contribution in [0.2, 0.25) is 0 Å². The maximum atomic E-state index is 12.5. The molecular formula is C21H15F3N4O2. The fourth-order valence-corrected chi connectivity index (χ4v) is 2.93. The molecule has 0 unspecified atom stereocenters. The lowest BCUT2D eigenvalue weighted by Crippen LogP contribution is -2.17. The van der Waals surface area contributed by atoms with Crippen molar-refractivity contribution in [3.63, 3.8) is 0 Å². The zero-order chi connectivity index (χ0) is 21.3. The van der Waals surface area contributed by atoms with Gasteiger partial charge < -0.3 is 10.1 Å². The van der Waals surface area contributed by atoms with Crippen LogP contribution in [-0.2, 0) is 0 Å². The van der Waals surface area contributed by atoms with Crippen LogP contribution in [-0.4, -0.2) is 26.9 Å². The molecular weight excluding hydrogens is 397 g/mol. The van der Waals surface area contributed by atoms with Gasteiger partial charge in [0.25, 0.3) is 5.91 Å². The van der Waals surface area contributed by atoms with E-state index in [4.69, 9.17) is 0 Å². The highest BCUT2D eigenvalue weighted by Crippen LogP contribution is 2.24. The first-order valence-corrected chi connectivity index (χ1v) is 8.88. The third-order valence-electron chi connectivity index (χ3n) is 4.25. The Hall–Kier alpha value is -3.88. The van der Waals surface area contributed by atoms with Gasteiger partial charge in [0.05, 0.1) is 5.69 Å². The van der Waals surface area contributed by atoms with Crippen LogP contribution >= 0.6 is 0 Å². The molecule has 152 valence electrons. The van der Waals surface area contributed by atoms with Crippen LogP contribution in [0.1, 0.15) is 16.2 Å². The van der Waals surface area contributed by atoms with E-state index in [1.807, 2.05) is 43.3 Å². The van der Waals surface area contributed by atoms with Crippen LogP contribution in [0.25, 0.3) is 16.9 Å². The lowest BCUT2D eigenvalue weighted by molar-refractivity contribution is -0.274. The molecule has 0 saturated heterocycles. The molecule has 2 aromatic carbocycles. The van der Waals surface area contributed by atoms with Crippen molar-refractivity contribution >= 4 is 17.2 Å². The molecule has 1 amide bonds. The number of rotatable bonds is 4. The fraction of sp³-hybridized carbons (Fsp3) is 0.0952. The predicted molar refractivity (Wildman–Crippen MR) is 104 cm³/mol. The quantitative estimate of drug-likeness (QED) is 0.520. The number of benzene rings is 2. The van der Waals surface area contributed by atoms with E-state index >= 15 is 0 Å². The molecule has 4 rings (SSSR count). The number of aryl methyl sites for hydroxylation is 1. The van der Waals surface area contributed by atoms with Gasteiger partial charge in [0, 0.05) is 23.0 Å². The number of aromatic nitrogens is 3. The molecule has 1 N–H and O–H groups in total. The number of ether oxygens (including phenoxy) is 1. The predicted octanol–water partition coefficient (Wildman–Crippen LogP) is 4.86. The summed E-state index contributed by atoms with van der Waals surface area (Å²) in [6.45, 7) is 1.86. The van der Waals surface area contributed by atoms with Crippen LogP contribution in [0.15, 0.2) is 66.7 Å². The SMILES string of the molecule is Cc1cc(-c2ccccc2)nc2cc(C(=O)Nc3ccc(OC(F)(F)F)cc3)nn12. The highest BCUT2D eigenvalue weighted by molar-refractivity contribution is 6.03. The Bertz CT molecular complexity index is 1200. The summed E-state index contributed by atoms with van der Waals surface area (Å²) in [6, 6.07) is 17.9. The van der Waals surface area contributed by atoms with E-state index in [0.717, 1.165) is 29.1 Å². The second-order valence-corrected chi connectivity index (χ2v) is 6.47. The third kappa shape index (κ3) is 4.24. The molecule has 0 aliphatic carbocycles. The van der Waals surface area contributed by atoms with Gasteiger partial charge in [-0.25, -0.2) is 9.50 Å². The molecule has 4 aromatic rings. The first kappa shape index (κ1) is 19.4. The summed E-state index contributed by atoms with van der Waals surface area (Å²) < 4.78 is 42.1. The van der Waals surface area contributed by atoms with Crippen molar-refractivity contribution < 1.29 is 22.7 Å². The summed E-state index contributed by atoms with van der Waals surface area (Å²) in [5.74, 6) is -0.882. The van der Waals surface area contributed by atoms with E-state index in [9.17, 15) is 18.0 Å². The Morgan fingerprint density at radius 3 is 2.40 bits per heavy atom. The third-order valence-corrected chi connectivity index (χ3v) is 4.25. The van der Waals surface area contributed by atoms with Crippen molar-refractivity contribution in [3.05, 3.63) is 78.1 Å². The topological polar surface area (TPSA) is 68.5 Å². The van der Waals surface area contributed by atoms with Crippen molar-refractivity contribution in [2.24, 2.45) is 0 Å². The maximum absolute atomic E-state index is 12.5. The highest BCUT2D eigenvalue weighted by atomic mass is 19.4. The summed E-state index contributed by atoms with van der Waals surface area (Å²) >= 11 is 0. The first-order chi connectivity index (χ1) is 14.3. The van der Waals surface area contributed by atoms with Gasteiger partial charge in [0.2, 0.25) is 0 Å². The van der Waals surface area contributed by atoms with Crippen LogP contribution in [0, 0.1) is 6.92 Å². The first-order valence-electron chi connectivity index (χ1n) is 8.88. The van der Waals surface area contributed by atoms with Gasteiger partial charge in [0.15, 0.2) is 11.3 Å². The fourth-order valence-electron chi connectivity index (χ4n) is 2.93. The zero-order valence-electron chi connectivity index (χ0n) is 15.6. The van der Waals surface area contributed by atoms with E-state index in [0.29, 0.717) is 11.3 Å². The molecule has 9 heteroatoms. The Balaban J connectivity index is 1.56. The van der Waals surface area contributed by atoms with E-state index in [-0.39, 0.29) is 11.4 Å². The van der Waals surface area contributed by atoms with Gasteiger partial charge in [-0.05, 0) is 37.3 Å². The Kier molecular flexibility index (Phi) is 4.86. The van der Waals surface area contributed by atoms with E-state index in [1.165, 1.54) is 12.1 Å². The minimum atomic E-state index is -4.77. The van der Waals surface area contributed by atoms with E-state index in [2.05, 4.69) is 20.1 Å². The highest BCUT2D eigenvalue weighted by Gasteiger charge is 2.31. The van der Waals surface area contributed by atoms with Crippen molar-refractivity contribution in [1.82, 2.24) is 14.6 Å². The second-order valence-electron chi connectivity index (χ2n) is 6.47.